The van der Waals surface area contributed by atoms with Crippen LogP contribution in [0.15, 0.2) is 0 Å². The first-order valence-electron chi connectivity index (χ1n) is 4.50. The molecule has 0 saturated carbocycles. The number of rotatable bonds is 2. The fourth-order valence-corrected chi connectivity index (χ4v) is 1.46. The number of carbonyl (C=O) groups excluding carboxylic acids is 1. The summed E-state index contributed by atoms with van der Waals surface area (Å²) in [4.78, 5) is 10.7. The maximum atomic E-state index is 12.3. The van der Waals surface area contributed by atoms with Crippen LogP contribution in [0, 0.1) is 0 Å². The highest BCUT2D eigenvalue weighted by molar-refractivity contribution is 5.73. The van der Waals surface area contributed by atoms with Gasteiger partial charge in [0.05, 0.1) is 0 Å². The summed E-state index contributed by atoms with van der Waals surface area (Å²) in [6.07, 6.45) is -5.75. The summed E-state index contributed by atoms with van der Waals surface area (Å²) >= 11 is 0. The lowest BCUT2D eigenvalue weighted by atomic mass is 9.97. The van der Waals surface area contributed by atoms with E-state index in [0.717, 1.165) is 0 Å². The normalized spacial score (nSPS) is 41.3. The molecule has 0 spiro atoms. The average molecular weight is 223 g/mol. The maximum Gasteiger partial charge on any atom is 0.217 e. The summed E-state index contributed by atoms with van der Waals surface area (Å²) in [7, 11) is 0. The highest BCUT2D eigenvalue weighted by Gasteiger charge is 2.44. The molecule has 0 aromatic rings. The molecule has 1 heterocycles. The Kier molecular flexibility index (Phi) is 3.97. The quantitative estimate of drug-likeness (QED) is 0.430. The first kappa shape index (κ1) is 12.3. The molecule has 1 rings (SSSR count). The van der Waals surface area contributed by atoms with Crippen molar-refractivity contribution in [1.82, 2.24) is 5.32 Å². The van der Waals surface area contributed by atoms with Crippen LogP contribution in [0.25, 0.3) is 0 Å². The fraction of sp³-hybridized carbons (Fsp3) is 0.875. The summed E-state index contributed by atoms with van der Waals surface area (Å²) in [6.45, 7) is 0.162. The zero-order valence-electron chi connectivity index (χ0n) is 8.13. The van der Waals surface area contributed by atoms with Crippen molar-refractivity contribution < 1.29 is 29.2 Å². The maximum absolute atomic E-state index is 12.3. The summed E-state index contributed by atoms with van der Waals surface area (Å²) < 4.78 is 17.0. The molecule has 1 amide bonds. The molecule has 1 aliphatic rings. The van der Waals surface area contributed by atoms with E-state index in [2.05, 4.69) is 10.1 Å². The van der Waals surface area contributed by atoms with Gasteiger partial charge < -0.3 is 25.4 Å². The summed E-state index contributed by atoms with van der Waals surface area (Å²) in [5, 5.41) is 30.4. The van der Waals surface area contributed by atoms with Crippen LogP contribution in [0.1, 0.15) is 6.92 Å². The third-order valence-electron chi connectivity index (χ3n) is 2.24. The first-order chi connectivity index (χ1) is 6.97. The van der Waals surface area contributed by atoms with E-state index in [1.165, 1.54) is 6.92 Å². The molecular formula is C8H14FNO5. The highest BCUT2D eigenvalue weighted by atomic mass is 19.1. The standard InChI is InChI=1S/C8H14FNO5/c1-3(11)10-5-7(13)6(12)4(2-9)15-8(5)14/h4-8,12-14H,2H2,1H3,(H,10,11)/t4-,5-,6-,7-,8+/m1/s1. The SMILES string of the molecule is CC(=O)N[C@@H]1[C@@H](O)[C@H](O)[C@@H](CF)O[C@@H]1O. The van der Waals surface area contributed by atoms with Gasteiger partial charge in [-0.05, 0) is 0 Å². The monoisotopic (exact) mass is 223 g/mol. The number of hydrogen-bond donors (Lipinski definition) is 4. The minimum absolute atomic E-state index is 0.493. The number of carbonyl (C=O) groups is 1. The van der Waals surface area contributed by atoms with Gasteiger partial charge in [0, 0.05) is 6.92 Å². The Morgan fingerprint density at radius 1 is 1.40 bits per heavy atom. The Balaban J connectivity index is 2.70. The number of amides is 1. The third kappa shape index (κ3) is 2.63. The molecule has 0 unspecified atom stereocenters. The molecule has 88 valence electrons. The van der Waals surface area contributed by atoms with Crippen LogP contribution in [0.4, 0.5) is 4.39 Å². The van der Waals surface area contributed by atoms with Gasteiger partial charge in [-0.1, -0.05) is 0 Å². The lowest BCUT2D eigenvalue weighted by Gasteiger charge is -2.39. The number of aliphatic hydroxyl groups excluding tert-OH is 3. The molecule has 15 heavy (non-hydrogen) atoms. The van der Waals surface area contributed by atoms with Crippen molar-refractivity contribution in [2.45, 2.75) is 37.6 Å². The van der Waals surface area contributed by atoms with Crippen molar-refractivity contribution in [3.05, 3.63) is 0 Å². The van der Waals surface area contributed by atoms with Crippen molar-refractivity contribution in [3.63, 3.8) is 0 Å². The van der Waals surface area contributed by atoms with E-state index in [9.17, 15) is 24.5 Å². The number of alkyl halides is 1. The molecule has 0 bridgehead atoms. The van der Waals surface area contributed by atoms with E-state index in [-0.39, 0.29) is 0 Å². The van der Waals surface area contributed by atoms with Gasteiger partial charge in [-0.2, -0.15) is 0 Å². The minimum Gasteiger partial charge on any atom is -0.388 e. The van der Waals surface area contributed by atoms with Gasteiger partial charge in [0.15, 0.2) is 6.29 Å². The zero-order chi connectivity index (χ0) is 11.6. The first-order valence-corrected chi connectivity index (χ1v) is 4.50. The minimum atomic E-state index is -1.53. The van der Waals surface area contributed by atoms with E-state index in [4.69, 9.17) is 0 Å². The lowest BCUT2D eigenvalue weighted by Crippen LogP contribution is -2.63. The number of hydrogen-bond acceptors (Lipinski definition) is 5. The molecule has 0 aliphatic carbocycles. The Bertz CT molecular complexity index is 239. The topological polar surface area (TPSA) is 99.0 Å². The second kappa shape index (κ2) is 4.84. The largest absolute Gasteiger partial charge is 0.388 e. The van der Waals surface area contributed by atoms with Crippen molar-refractivity contribution in [3.8, 4) is 0 Å². The van der Waals surface area contributed by atoms with E-state index in [1.54, 1.807) is 0 Å². The zero-order valence-corrected chi connectivity index (χ0v) is 8.13. The molecular weight excluding hydrogens is 209 g/mol. The van der Waals surface area contributed by atoms with Gasteiger partial charge >= 0.3 is 0 Å². The number of aliphatic hydroxyl groups is 3. The Hall–Kier alpha value is -0.760. The van der Waals surface area contributed by atoms with E-state index in [0.29, 0.717) is 0 Å². The molecule has 0 radical (unpaired) electrons. The molecule has 6 nitrogen and oxygen atoms in total. The number of nitrogens with one attached hydrogen (secondary N) is 1. The second-order valence-electron chi connectivity index (χ2n) is 3.43. The molecule has 0 aromatic carbocycles. The molecule has 5 atom stereocenters. The number of ether oxygens (including phenoxy) is 1. The van der Waals surface area contributed by atoms with Crippen LogP contribution in [-0.2, 0) is 9.53 Å². The fourth-order valence-electron chi connectivity index (χ4n) is 1.46. The van der Waals surface area contributed by atoms with E-state index < -0.39 is 43.2 Å². The Labute approximate surface area is 85.7 Å². The molecule has 1 saturated heterocycles. The predicted molar refractivity (Wildman–Crippen MR) is 46.5 cm³/mol. The molecule has 0 aromatic heterocycles. The van der Waals surface area contributed by atoms with Gasteiger partial charge in [0.25, 0.3) is 0 Å². The van der Waals surface area contributed by atoms with Crippen LogP contribution < -0.4 is 5.32 Å². The lowest BCUT2D eigenvalue weighted by molar-refractivity contribution is -0.249. The van der Waals surface area contributed by atoms with Crippen molar-refractivity contribution in [2.75, 3.05) is 6.67 Å². The van der Waals surface area contributed by atoms with Crippen LogP contribution in [-0.4, -0.2) is 58.5 Å². The van der Waals surface area contributed by atoms with Crippen molar-refractivity contribution >= 4 is 5.91 Å². The van der Waals surface area contributed by atoms with E-state index >= 15 is 0 Å². The summed E-state index contributed by atoms with van der Waals surface area (Å²) in [5.41, 5.74) is 0. The predicted octanol–water partition coefficient (Wildman–Crippen LogP) is -2.10. The molecule has 1 fully saturated rings. The van der Waals surface area contributed by atoms with Gasteiger partial charge in [-0.25, -0.2) is 4.39 Å². The van der Waals surface area contributed by atoms with Gasteiger partial charge in [0.2, 0.25) is 5.91 Å². The Morgan fingerprint density at radius 2 is 2.00 bits per heavy atom. The van der Waals surface area contributed by atoms with Gasteiger partial charge in [-0.15, -0.1) is 0 Å². The number of halogens is 1. The molecule has 1 aliphatic heterocycles. The van der Waals surface area contributed by atoms with Crippen molar-refractivity contribution in [2.24, 2.45) is 0 Å². The smallest absolute Gasteiger partial charge is 0.217 e. The van der Waals surface area contributed by atoms with Gasteiger partial charge in [0.1, 0.15) is 31.0 Å². The second-order valence-corrected chi connectivity index (χ2v) is 3.43. The summed E-state index contributed by atoms with van der Waals surface area (Å²) in [5.74, 6) is -0.493. The third-order valence-corrected chi connectivity index (χ3v) is 2.24. The van der Waals surface area contributed by atoms with Crippen molar-refractivity contribution in [1.29, 1.82) is 0 Å². The van der Waals surface area contributed by atoms with Crippen LogP contribution >= 0.6 is 0 Å². The Morgan fingerprint density at radius 3 is 2.47 bits per heavy atom. The summed E-state index contributed by atoms with van der Waals surface area (Å²) in [6, 6.07) is -1.15. The van der Waals surface area contributed by atoms with Crippen LogP contribution in [0.3, 0.4) is 0 Å². The highest BCUT2D eigenvalue weighted by Crippen LogP contribution is 2.20. The average Bonchev–Trinajstić information content (AvgIpc) is 2.18. The van der Waals surface area contributed by atoms with Gasteiger partial charge in [-0.3, -0.25) is 4.79 Å². The van der Waals surface area contributed by atoms with Crippen LogP contribution in [0.5, 0.6) is 0 Å². The molecule has 4 N–H and O–H groups in total. The molecule has 7 heteroatoms. The van der Waals surface area contributed by atoms with Crippen LogP contribution in [0.2, 0.25) is 0 Å². The van der Waals surface area contributed by atoms with E-state index in [1.807, 2.05) is 0 Å².